The molecule has 0 saturated carbocycles. The minimum Gasteiger partial charge on any atom is -0.496 e. The fraction of sp³-hybridized carbons (Fsp3) is 0.188. The zero-order valence-electron chi connectivity index (χ0n) is 11.7. The first kappa shape index (κ1) is 14.3. The van der Waals surface area contributed by atoms with Crippen LogP contribution < -0.4 is 10.5 Å². The van der Waals surface area contributed by atoms with E-state index in [1.54, 1.807) is 29.8 Å². The van der Waals surface area contributed by atoms with Gasteiger partial charge in [-0.2, -0.15) is 0 Å². The van der Waals surface area contributed by atoms with Gasteiger partial charge < -0.3 is 10.5 Å². The van der Waals surface area contributed by atoms with Crippen LogP contribution in [-0.2, 0) is 6.42 Å². The molecule has 108 valence electrons. The SMILES string of the molecule is COc1csc(C(N)Cc2nc(-c3ccccc3)cs2)c1. The molecular weight excluding hydrogens is 300 g/mol. The highest BCUT2D eigenvalue weighted by atomic mass is 32.1. The third-order valence-corrected chi connectivity index (χ3v) is 5.13. The Hall–Kier alpha value is -1.69. The number of rotatable bonds is 5. The molecule has 0 amide bonds. The van der Waals surface area contributed by atoms with Crippen molar-refractivity contribution in [1.29, 1.82) is 0 Å². The lowest BCUT2D eigenvalue weighted by Crippen LogP contribution is -2.11. The van der Waals surface area contributed by atoms with E-state index in [1.165, 1.54) is 0 Å². The van der Waals surface area contributed by atoms with Gasteiger partial charge in [-0.05, 0) is 6.07 Å². The first-order chi connectivity index (χ1) is 10.3. The summed E-state index contributed by atoms with van der Waals surface area (Å²) < 4.78 is 5.20. The number of aromatic nitrogens is 1. The van der Waals surface area contributed by atoms with Crippen LogP contribution in [0.1, 0.15) is 15.9 Å². The Morgan fingerprint density at radius 1 is 1.19 bits per heavy atom. The van der Waals surface area contributed by atoms with Gasteiger partial charge in [0.2, 0.25) is 0 Å². The number of hydrogen-bond donors (Lipinski definition) is 1. The van der Waals surface area contributed by atoms with Crippen LogP contribution in [0.4, 0.5) is 0 Å². The summed E-state index contributed by atoms with van der Waals surface area (Å²) in [6, 6.07) is 12.2. The monoisotopic (exact) mass is 316 g/mol. The van der Waals surface area contributed by atoms with Crippen LogP contribution in [0.15, 0.2) is 47.2 Å². The Kier molecular flexibility index (Phi) is 4.34. The number of benzene rings is 1. The fourth-order valence-corrected chi connectivity index (χ4v) is 3.79. The van der Waals surface area contributed by atoms with Crippen LogP contribution in [-0.4, -0.2) is 12.1 Å². The molecule has 0 aliphatic rings. The molecule has 0 saturated heterocycles. The van der Waals surface area contributed by atoms with Crippen LogP contribution in [0.3, 0.4) is 0 Å². The lowest BCUT2D eigenvalue weighted by atomic mass is 10.1. The summed E-state index contributed by atoms with van der Waals surface area (Å²) in [5.41, 5.74) is 8.43. The highest BCUT2D eigenvalue weighted by Crippen LogP contribution is 2.29. The molecule has 3 aromatic rings. The molecule has 21 heavy (non-hydrogen) atoms. The average Bonchev–Trinajstić information content (AvgIpc) is 3.17. The maximum atomic E-state index is 6.26. The van der Waals surface area contributed by atoms with Gasteiger partial charge >= 0.3 is 0 Å². The van der Waals surface area contributed by atoms with Gasteiger partial charge in [0.15, 0.2) is 0 Å². The molecule has 1 atom stereocenters. The largest absolute Gasteiger partial charge is 0.496 e. The van der Waals surface area contributed by atoms with Gasteiger partial charge in [0.05, 0.1) is 17.8 Å². The lowest BCUT2D eigenvalue weighted by Gasteiger charge is -2.06. The minimum atomic E-state index is -0.0336. The molecule has 3 nitrogen and oxygen atoms in total. The molecule has 2 aromatic heterocycles. The van der Waals surface area contributed by atoms with Gasteiger partial charge in [-0.3, -0.25) is 0 Å². The minimum absolute atomic E-state index is 0.0336. The zero-order valence-corrected chi connectivity index (χ0v) is 13.3. The summed E-state index contributed by atoms with van der Waals surface area (Å²) in [6.45, 7) is 0. The highest BCUT2D eigenvalue weighted by molar-refractivity contribution is 7.10. The van der Waals surface area contributed by atoms with E-state index in [4.69, 9.17) is 10.5 Å². The second kappa shape index (κ2) is 6.39. The van der Waals surface area contributed by atoms with Crippen LogP contribution in [0.5, 0.6) is 5.75 Å². The van der Waals surface area contributed by atoms with Gasteiger partial charge in [0, 0.05) is 33.7 Å². The fourth-order valence-electron chi connectivity index (χ4n) is 2.07. The van der Waals surface area contributed by atoms with Crippen molar-refractivity contribution >= 4 is 22.7 Å². The molecule has 0 bridgehead atoms. The Labute approximate surface area is 132 Å². The van der Waals surface area contributed by atoms with Crippen molar-refractivity contribution in [1.82, 2.24) is 4.98 Å². The first-order valence-electron chi connectivity index (χ1n) is 6.64. The van der Waals surface area contributed by atoms with Crippen molar-refractivity contribution in [3.63, 3.8) is 0 Å². The molecule has 1 unspecified atom stereocenters. The molecule has 3 rings (SSSR count). The van der Waals surface area contributed by atoms with Gasteiger partial charge in [0.25, 0.3) is 0 Å². The van der Waals surface area contributed by atoms with Gasteiger partial charge in [-0.1, -0.05) is 30.3 Å². The van der Waals surface area contributed by atoms with Crippen molar-refractivity contribution < 1.29 is 4.74 Å². The maximum absolute atomic E-state index is 6.26. The number of nitrogens with zero attached hydrogens (tertiary/aromatic N) is 1. The van der Waals surface area contributed by atoms with Crippen molar-refractivity contribution in [2.24, 2.45) is 5.73 Å². The van der Waals surface area contributed by atoms with Gasteiger partial charge in [0.1, 0.15) is 5.75 Å². The topological polar surface area (TPSA) is 48.1 Å². The van der Waals surface area contributed by atoms with Crippen LogP contribution >= 0.6 is 22.7 Å². The summed E-state index contributed by atoms with van der Waals surface area (Å²) in [5, 5.41) is 5.13. The van der Waals surface area contributed by atoms with E-state index >= 15 is 0 Å². The summed E-state index contributed by atoms with van der Waals surface area (Å²) in [7, 11) is 1.67. The van der Waals surface area contributed by atoms with Crippen molar-refractivity contribution in [2.45, 2.75) is 12.5 Å². The predicted octanol–water partition coefficient (Wildman–Crippen LogP) is 4.12. The Balaban J connectivity index is 1.72. The number of methoxy groups -OCH3 is 1. The molecule has 5 heteroatoms. The van der Waals surface area contributed by atoms with E-state index in [0.717, 1.165) is 33.3 Å². The standard InChI is InChI=1S/C16H16N2OS2/c1-19-12-7-15(20-9-12)13(17)8-16-18-14(10-21-16)11-5-3-2-4-6-11/h2-7,9-10,13H,8,17H2,1H3. The molecule has 0 radical (unpaired) electrons. The first-order valence-corrected chi connectivity index (χ1v) is 8.40. The third-order valence-electron chi connectivity index (χ3n) is 3.21. The van der Waals surface area contributed by atoms with Crippen molar-refractivity contribution in [3.8, 4) is 17.0 Å². The average molecular weight is 316 g/mol. The van der Waals surface area contributed by atoms with E-state index in [9.17, 15) is 0 Å². The molecule has 2 N–H and O–H groups in total. The van der Waals surface area contributed by atoms with E-state index in [2.05, 4.69) is 22.5 Å². The number of thiazole rings is 1. The van der Waals surface area contributed by atoms with Crippen LogP contribution in [0.25, 0.3) is 11.3 Å². The van der Waals surface area contributed by atoms with Gasteiger partial charge in [-0.25, -0.2) is 4.98 Å². The molecule has 0 fully saturated rings. The number of thiophene rings is 1. The van der Waals surface area contributed by atoms with E-state index in [-0.39, 0.29) is 6.04 Å². The lowest BCUT2D eigenvalue weighted by molar-refractivity contribution is 0.416. The highest BCUT2D eigenvalue weighted by Gasteiger charge is 2.13. The summed E-state index contributed by atoms with van der Waals surface area (Å²) in [4.78, 5) is 5.81. The molecule has 0 spiro atoms. The molecule has 0 aliphatic carbocycles. The predicted molar refractivity (Wildman–Crippen MR) is 89.1 cm³/mol. The third kappa shape index (κ3) is 3.32. The summed E-state index contributed by atoms with van der Waals surface area (Å²) >= 11 is 3.29. The maximum Gasteiger partial charge on any atom is 0.129 e. The summed E-state index contributed by atoms with van der Waals surface area (Å²) in [5.74, 6) is 0.870. The molecule has 1 aromatic carbocycles. The summed E-state index contributed by atoms with van der Waals surface area (Å²) in [6.07, 6.45) is 0.751. The zero-order chi connectivity index (χ0) is 14.7. The molecule has 0 aliphatic heterocycles. The molecular formula is C16H16N2OS2. The quantitative estimate of drug-likeness (QED) is 0.770. The van der Waals surface area contributed by atoms with Crippen LogP contribution in [0.2, 0.25) is 0 Å². The van der Waals surface area contributed by atoms with E-state index in [0.29, 0.717) is 0 Å². The Morgan fingerprint density at radius 2 is 2.00 bits per heavy atom. The number of hydrogen-bond acceptors (Lipinski definition) is 5. The van der Waals surface area contributed by atoms with E-state index in [1.807, 2.05) is 29.6 Å². The smallest absolute Gasteiger partial charge is 0.129 e. The molecule has 2 heterocycles. The number of ether oxygens (including phenoxy) is 1. The Bertz CT molecular complexity index is 706. The van der Waals surface area contributed by atoms with Gasteiger partial charge in [-0.15, -0.1) is 22.7 Å². The normalized spacial score (nSPS) is 12.3. The van der Waals surface area contributed by atoms with Crippen molar-refractivity contribution in [2.75, 3.05) is 7.11 Å². The Morgan fingerprint density at radius 3 is 2.71 bits per heavy atom. The van der Waals surface area contributed by atoms with Crippen LogP contribution in [0, 0.1) is 0 Å². The second-order valence-corrected chi connectivity index (χ2v) is 6.58. The second-order valence-electron chi connectivity index (χ2n) is 4.69. The van der Waals surface area contributed by atoms with E-state index < -0.39 is 0 Å². The van der Waals surface area contributed by atoms with Crippen molar-refractivity contribution in [3.05, 3.63) is 57.0 Å². The number of nitrogens with two attached hydrogens (primary N) is 1.